The van der Waals surface area contributed by atoms with E-state index in [4.69, 9.17) is 9.47 Å². The molecule has 26 heavy (non-hydrogen) atoms. The maximum atomic E-state index is 12.9. The molecule has 5 heteroatoms. The van der Waals surface area contributed by atoms with Gasteiger partial charge in [-0.3, -0.25) is 9.59 Å². The van der Waals surface area contributed by atoms with E-state index in [1.54, 1.807) is 12.0 Å². The molecule has 2 atom stereocenters. The lowest BCUT2D eigenvalue weighted by molar-refractivity contribution is -0.161. The molecule has 144 valence electrons. The SMILES string of the molecule is COCCN1CC(c2ccccc2)CCC(OC(=O)CC(C)(C)C)C1=O. The maximum Gasteiger partial charge on any atom is 0.307 e. The molecule has 0 radical (unpaired) electrons. The lowest BCUT2D eigenvalue weighted by Gasteiger charge is -2.26. The summed E-state index contributed by atoms with van der Waals surface area (Å²) < 4.78 is 10.7. The highest BCUT2D eigenvalue weighted by Gasteiger charge is 2.34. The quantitative estimate of drug-likeness (QED) is 0.729. The Morgan fingerprint density at radius 3 is 2.50 bits per heavy atom. The standard InChI is InChI=1S/C21H31NO4/c1-21(2,3)14-19(23)26-18-11-10-17(16-8-6-5-7-9-16)15-22(20(18)24)12-13-25-4/h5-9,17-18H,10-15H2,1-4H3. The predicted octanol–water partition coefficient (Wildman–Crippen LogP) is 3.39. The second kappa shape index (κ2) is 9.17. The van der Waals surface area contributed by atoms with Crippen LogP contribution < -0.4 is 0 Å². The minimum absolute atomic E-state index is 0.109. The van der Waals surface area contributed by atoms with Crippen LogP contribution in [-0.4, -0.2) is 49.7 Å². The van der Waals surface area contributed by atoms with E-state index in [2.05, 4.69) is 12.1 Å². The van der Waals surface area contributed by atoms with Crippen molar-refractivity contribution >= 4 is 11.9 Å². The number of carbonyl (C=O) groups excluding carboxylic acids is 2. The number of carbonyl (C=O) groups is 2. The van der Waals surface area contributed by atoms with E-state index < -0.39 is 6.10 Å². The van der Waals surface area contributed by atoms with Crippen molar-refractivity contribution in [2.75, 3.05) is 26.8 Å². The molecule has 1 amide bonds. The summed E-state index contributed by atoms with van der Waals surface area (Å²) in [6.07, 6.45) is 0.969. The third-order valence-electron chi connectivity index (χ3n) is 4.59. The van der Waals surface area contributed by atoms with E-state index in [0.717, 1.165) is 6.42 Å². The van der Waals surface area contributed by atoms with Gasteiger partial charge in [-0.1, -0.05) is 51.1 Å². The van der Waals surface area contributed by atoms with Crippen molar-refractivity contribution in [3.8, 4) is 0 Å². The van der Waals surface area contributed by atoms with E-state index in [1.807, 2.05) is 39.0 Å². The number of hydrogen-bond donors (Lipinski definition) is 0. The number of rotatable bonds is 6. The van der Waals surface area contributed by atoms with Crippen molar-refractivity contribution in [2.45, 2.75) is 52.1 Å². The second-order valence-corrected chi connectivity index (χ2v) is 8.18. The molecule has 0 aliphatic carbocycles. The minimum atomic E-state index is -0.699. The molecule has 0 aromatic heterocycles. The number of amides is 1. The van der Waals surface area contributed by atoms with E-state index in [1.165, 1.54) is 5.56 Å². The number of hydrogen-bond acceptors (Lipinski definition) is 4. The molecule has 0 saturated carbocycles. The number of esters is 1. The van der Waals surface area contributed by atoms with Gasteiger partial charge in [-0.25, -0.2) is 0 Å². The fraction of sp³-hybridized carbons (Fsp3) is 0.619. The molecule has 0 spiro atoms. The van der Waals surface area contributed by atoms with Crippen molar-refractivity contribution in [2.24, 2.45) is 5.41 Å². The molecule has 5 nitrogen and oxygen atoms in total. The largest absolute Gasteiger partial charge is 0.452 e. The summed E-state index contributed by atoms with van der Waals surface area (Å²) in [4.78, 5) is 26.9. The fourth-order valence-corrected chi connectivity index (χ4v) is 3.27. The highest BCUT2D eigenvalue weighted by molar-refractivity contribution is 5.84. The summed E-state index contributed by atoms with van der Waals surface area (Å²) in [6.45, 7) is 7.56. The maximum absolute atomic E-state index is 12.9. The molecular weight excluding hydrogens is 330 g/mol. The first-order chi connectivity index (χ1) is 12.3. The second-order valence-electron chi connectivity index (χ2n) is 8.18. The first-order valence-corrected chi connectivity index (χ1v) is 9.32. The minimum Gasteiger partial charge on any atom is -0.452 e. The van der Waals surface area contributed by atoms with Crippen LogP contribution in [0.15, 0.2) is 30.3 Å². The lowest BCUT2D eigenvalue weighted by atomic mass is 9.92. The van der Waals surface area contributed by atoms with Gasteiger partial charge in [0, 0.05) is 26.1 Å². The summed E-state index contributed by atoms with van der Waals surface area (Å²) in [5.41, 5.74) is 1.05. The molecule has 2 rings (SSSR count). The summed E-state index contributed by atoms with van der Waals surface area (Å²) >= 11 is 0. The normalized spacial score (nSPS) is 21.4. The Balaban J connectivity index is 2.12. The van der Waals surface area contributed by atoms with Crippen LogP contribution in [0.2, 0.25) is 0 Å². The Kier molecular flexibility index (Phi) is 7.21. The van der Waals surface area contributed by atoms with Gasteiger partial charge in [0.1, 0.15) is 0 Å². The van der Waals surface area contributed by atoms with E-state index in [-0.39, 0.29) is 23.2 Å². The number of nitrogens with zero attached hydrogens (tertiary/aromatic N) is 1. The van der Waals surface area contributed by atoms with Gasteiger partial charge in [0.2, 0.25) is 0 Å². The highest BCUT2D eigenvalue weighted by Crippen LogP contribution is 2.29. The molecule has 2 unspecified atom stereocenters. The smallest absolute Gasteiger partial charge is 0.307 e. The summed E-state index contributed by atoms with van der Waals surface area (Å²) in [7, 11) is 1.62. The molecule has 1 fully saturated rings. The van der Waals surface area contributed by atoms with Crippen molar-refractivity contribution in [1.82, 2.24) is 4.90 Å². The van der Waals surface area contributed by atoms with Gasteiger partial charge in [0.15, 0.2) is 6.10 Å². The van der Waals surface area contributed by atoms with Gasteiger partial charge in [-0.15, -0.1) is 0 Å². The van der Waals surface area contributed by atoms with Crippen LogP contribution in [0.3, 0.4) is 0 Å². The van der Waals surface area contributed by atoms with Gasteiger partial charge < -0.3 is 14.4 Å². The van der Waals surface area contributed by atoms with Crippen LogP contribution in [0.5, 0.6) is 0 Å². The van der Waals surface area contributed by atoms with Crippen molar-refractivity contribution in [3.63, 3.8) is 0 Å². The first-order valence-electron chi connectivity index (χ1n) is 9.32. The Morgan fingerprint density at radius 1 is 1.19 bits per heavy atom. The number of likely N-dealkylation sites (tertiary alicyclic amines) is 1. The van der Waals surface area contributed by atoms with Crippen molar-refractivity contribution < 1.29 is 19.1 Å². The number of ether oxygens (including phenoxy) is 2. The number of benzene rings is 1. The average Bonchev–Trinajstić information content (AvgIpc) is 2.72. The monoisotopic (exact) mass is 361 g/mol. The summed E-state index contributed by atoms with van der Waals surface area (Å²) in [6, 6.07) is 10.2. The molecule has 0 N–H and O–H groups in total. The highest BCUT2D eigenvalue weighted by atomic mass is 16.5. The van der Waals surface area contributed by atoms with Crippen LogP contribution in [0, 0.1) is 5.41 Å². The molecule has 1 heterocycles. The van der Waals surface area contributed by atoms with Gasteiger partial charge in [-0.2, -0.15) is 0 Å². The molecule has 1 saturated heterocycles. The van der Waals surface area contributed by atoms with Crippen molar-refractivity contribution in [3.05, 3.63) is 35.9 Å². The number of methoxy groups -OCH3 is 1. The van der Waals surface area contributed by atoms with Gasteiger partial charge >= 0.3 is 5.97 Å². The molecular formula is C21H31NO4. The third-order valence-corrected chi connectivity index (χ3v) is 4.59. The van der Waals surface area contributed by atoms with Gasteiger partial charge in [0.25, 0.3) is 5.91 Å². The molecule has 1 aromatic carbocycles. The summed E-state index contributed by atoms with van der Waals surface area (Å²) in [5, 5.41) is 0. The van der Waals surface area contributed by atoms with Gasteiger partial charge in [0.05, 0.1) is 13.0 Å². The Labute approximate surface area is 156 Å². The van der Waals surface area contributed by atoms with Crippen LogP contribution in [0.1, 0.15) is 51.5 Å². The van der Waals surface area contributed by atoms with Crippen LogP contribution in [0.25, 0.3) is 0 Å². The Morgan fingerprint density at radius 2 is 1.88 bits per heavy atom. The van der Waals surface area contributed by atoms with Crippen LogP contribution in [-0.2, 0) is 19.1 Å². The van der Waals surface area contributed by atoms with E-state index >= 15 is 0 Å². The van der Waals surface area contributed by atoms with Gasteiger partial charge in [-0.05, 0) is 23.8 Å². The topological polar surface area (TPSA) is 55.8 Å². The Bertz CT molecular complexity index is 594. The van der Waals surface area contributed by atoms with E-state index in [0.29, 0.717) is 32.5 Å². The van der Waals surface area contributed by atoms with E-state index in [9.17, 15) is 9.59 Å². The average molecular weight is 361 g/mol. The lowest BCUT2D eigenvalue weighted by Crippen LogP contribution is -2.42. The predicted molar refractivity (Wildman–Crippen MR) is 101 cm³/mol. The molecule has 1 aromatic rings. The Hall–Kier alpha value is -1.88. The van der Waals surface area contributed by atoms with Crippen LogP contribution in [0.4, 0.5) is 0 Å². The zero-order chi connectivity index (χ0) is 19.2. The zero-order valence-electron chi connectivity index (χ0n) is 16.4. The summed E-state index contributed by atoms with van der Waals surface area (Å²) in [5.74, 6) is -0.174. The zero-order valence-corrected chi connectivity index (χ0v) is 16.4. The fourth-order valence-electron chi connectivity index (χ4n) is 3.27. The molecule has 1 aliphatic heterocycles. The van der Waals surface area contributed by atoms with Crippen molar-refractivity contribution in [1.29, 1.82) is 0 Å². The first kappa shape index (κ1) is 20.4. The molecule has 1 aliphatic rings. The molecule has 0 bridgehead atoms. The van der Waals surface area contributed by atoms with Crippen LogP contribution >= 0.6 is 0 Å². The third kappa shape index (κ3) is 6.13.